The third-order valence-electron chi connectivity index (χ3n) is 4.21. The van der Waals surface area contributed by atoms with Crippen LogP contribution in [0.25, 0.3) is 0 Å². The molecule has 0 saturated carbocycles. The number of non-ortho nitro benzene ring substituents is 1. The molecule has 1 N–H and O–H groups in total. The molecule has 0 atom stereocenters. The fourth-order valence-electron chi connectivity index (χ4n) is 2.77. The number of carbonyl (C=O) groups is 1. The van der Waals surface area contributed by atoms with Crippen LogP contribution in [-0.4, -0.2) is 17.4 Å². The van der Waals surface area contributed by atoms with E-state index >= 15 is 0 Å². The molecule has 3 rings (SSSR count). The molecule has 1 heterocycles. The first-order valence-electron chi connectivity index (χ1n) is 8.95. The zero-order valence-corrected chi connectivity index (χ0v) is 15.7. The van der Waals surface area contributed by atoms with Crippen LogP contribution in [0, 0.1) is 10.1 Å². The van der Waals surface area contributed by atoms with E-state index in [1.807, 2.05) is 12.1 Å². The van der Waals surface area contributed by atoms with Gasteiger partial charge in [-0.1, -0.05) is 12.1 Å². The second kappa shape index (κ2) is 9.55. The lowest BCUT2D eigenvalue weighted by Crippen LogP contribution is -2.39. The van der Waals surface area contributed by atoms with Gasteiger partial charge in [0, 0.05) is 30.0 Å². The van der Waals surface area contributed by atoms with Crippen molar-refractivity contribution in [2.24, 2.45) is 0 Å². The minimum absolute atomic E-state index is 0.0148. The van der Waals surface area contributed by atoms with Crippen LogP contribution in [0.1, 0.15) is 11.1 Å². The van der Waals surface area contributed by atoms with Crippen molar-refractivity contribution in [2.45, 2.75) is 19.6 Å². The van der Waals surface area contributed by atoms with Crippen LogP contribution in [0.3, 0.4) is 0 Å². The van der Waals surface area contributed by atoms with Crippen molar-refractivity contribution >= 4 is 17.3 Å². The van der Waals surface area contributed by atoms with Gasteiger partial charge in [-0.25, -0.2) is 0 Å². The van der Waals surface area contributed by atoms with E-state index in [1.54, 1.807) is 29.1 Å². The van der Waals surface area contributed by atoms with Gasteiger partial charge in [0.05, 0.1) is 4.92 Å². The number of aromatic nitrogens is 1. The van der Waals surface area contributed by atoms with E-state index in [9.17, 15) is 23.7 Å². The quantitative estimate of drug-likeness (QED) is 0.346. The van der Waals surface area contributed by atoms with Crippen molar-refractivity contribution in [1.82, 2.24) is 0 Å². The molecule has 0 radical (unpaired) electrons. The maximum atomic E-state index is 12.2. The van der Waals surface area contributed by atoms with Crippen LogP contribution >= 0.6 is 0 Å². The SMILES string of the molecule is O=C(C[n+]1ccc(Cc2ccc([N+](=O)[O-])cc2)cc1)Nc1ccc(OC(F)F)cc1. The van der Waals surface area contributed by atoms with Crippen molar-refractivity contribution in [3.63, 3.8) is 0 Å². The minimum atomic E-state index is -2.90. The summed E-state index contributed by atoms with van der Waals surface area (Å²) in [5, 5.41) is 13.4. The predicted octanol–water partition coefficient (Wildman–Crippen LogP) is 3.71. The van der Waals surface area contributed by atoms with Crippen molar-refractivity contribution in [2.75, 3.05) is 5.32 Å². The lowest BCUT2D eigenvalue weighted by atomic mass is 10.1. The number of nitrogens with one attached hydrogen (secondary N) is 1. The van der Waals surface area contributed by atoms with Gasteiger partial charge in [-0.05, 0) is 41.8 Å². The number of nitro benzene ring substituents is 1. The monoisotopic (exact) mass is 414 g/mol. The van der Waals surface area contributed by atoms with Gasteiger partial charge in [0.2, 0.25) is 6.54 Å². The highest BCUT2D eigenvalue weighted by atomic mass is 19.3. The van der Waals surface area contributed by atoms with Crippen molar-refractivity contribution in [3.8, 4) is 5.75 Å². The summed E-state index contributed by atoms with van der Waals surface area (Å²) in [5.41, 5.74) is 2.45. The molecule has 0 aliphatic carbocycles. The topological polar surface area (TPSA) is 85.4 Å². The molecule has 0 saturated heterocycles. The average molecular weight is 414 g/mol. The van der Waals surface area contributed by atoms with Crippen molar-refractivity contribution in [1.29, 1.82) is 0 Å². The Balaban J connectivity index is 1.53. The molecule has 9 heteroatoms. The number of benzene rings is 2. The molecule has 30 heavy (non-hydrogen) atoms. The number of rotatable bonds is 8. The van der Waals surface area contributed by atoms with Gasteiger partial charge in [-0.2, -0.15) is 13.3 Å². The normalized spacial score (nSPS) is 10.6. The maximum absolute atomic E-state index is 12.2. The maximum Gasteiger partial charge on any atom is 0.387 e. The number of hydrogen-bond donors (Lipinski definition) is 1. The molecule has 0 fully saturated rings. The molecule has 7 nitrogen and oxygen atoms in total. The highest BCUT2D eigenvalue weighted by Crippen LogP contribution is 2.18. The summed E-state index contributed by atoms with van der Waals surface area (Å²) >= 11 is 0. The Kier molecular flexibility index (Phi) is 6.63. The smallest absolute Gasteiger partial charge is 0.387 e. The molecule has 154 valence electrons. The van der Waals surface area contributed by atoms with Crippen LogP contribution in [0.15, 0.2) is 73.1 Å². The van der Waals surface area contributed by atoms with E-state index in [4.69, 9.17) is 0 Å². The highest BCUT2D eigenvalue weighted by molar-refractivity contribution is 5.89. The molecule has 2 aromatic carbocycles. The van der Waals surface area contributed by atoms with Gasteiger partial charge in [0.15, 0.2) is 12.4 Å². The summed E-state index contributed by atoms with van der Waals surface area (Å²) in [5.74, 6) is -0.258. The number of halogens is 2. The lowest BCUT2D eigenvalue weighted by Gasteiger charge is -2.06. The number of alkyl halides is 2. The van der Waals surface area contributed by atoms with Crippen LogP contribution in [-0.2, 0) is 17.8 Å². The Bertz CT molecular complexity index is 1010. The summed E-state index contributed by atoms with van der Waals surface area (Å²) in [6.07, 6.45) is 4.14. The molecular weight excluding hydrogens is 396 g/mol. The summed E-state index contributed by atoms with van der Waals surface area (Å²) < 4.78 is 30.3. The van der Waals surface area contributed by atoms with E-state index < -0.39 is 11.5 Å². The first kappa shape index (κ1) is 20.8. The fraction of sp³-hybridized carbons (Fsp3) is 0.143. The molecule has 0 bridgehead atoms. The molecule has 0 unspecified atom stereocenters. The molecular formula is C21H18F2N3O4+. The van der Waals surface area contributed by atoms with E-state index in [1.165, 1.54) is 36.4 Å². The number of amides is 1. The summed E-state index contributed by atoms with van der Waals surface area (Å²) in [6.45, 7) is -2.82. The zero-order valence-electron chi connectivity index (χ0n) is 15.7. The molecule has 0 aliphatic heterocycles. The van der Waals surface area contributed by atoms with E-state index in [2.05, 4.69) is 10.1 Å². The van der Waals surface area contributed by atoms with Gasteiger partial charge in [0.1, 0.15) is 5.75 Å². The molecule has 0 spiro atoms. The minimum Gasteiger partial charge on any atom is -0.435 e. The number of pyridine rings is 1. The average Bonchev–Trinajstić information content (AvgIpc) is 2.71. The van der Waals surface area contributed by atoms with Gasteiger partial charge < -0.3 is 10.1 Å². The Morgan fingerprint density at radius 3 is 2.17 bits per heavy atom. The number of carbonyl (C=O) groups excluding carboxylic acids is 1. The molecule has 1 aromatic heterocycles. The Hall–Kier alpha value is -3.88. The third kappa shape index (κ3) is 6.06. The predicted molar refractivity (Wildman–Crippen MR) is 104 cm³/mol. The summed E-state index contributed by atoms with van der Waals surface area (Å²) in [6, 6.07) is 15.7. The number of nitro groups is 1. The number of ether oxygens (including phenoxy) is 1. The first-order valence-corrected chi connectivity index (χ1v) is 8.95. The molecule has 3 aromatic rings. The van der Waals surface area contributed by atoms with Crippen molar-refractivity contribution in [3.05, 3.63) is 94.3 Å². The second-order valence-electron chi connectivity index (χ2n) is 6.43. The van der Waals surface area contributed by atoms with Gasteiger partial charge in [0.25, 0.3) is 11.6 Å². The highest BCUT2D eigenvalue weighted by Gasteiger charge is 2.11. The number of nitrogens with zero attached hydrogens (tertiary/aromatic N) is 2. The fourth-order valence-corrected chi connectivity index (χ4v) is 2.77. The van der Waals surface area contributed by atoms with Crippen LogP contribution in [0.4, 0.5) is 20.2 Å². The van der Waals surface area contributed by atoms with E-state index in [0.29, 0.717) is 12.1 Å². The zero-order chi connectivity index (χ0) is 21.5. The summed E-state index contributed by atoms with van der Waals surface area (Å²) in [4.78, 5) is 22.4. The number of anilines is 1. The standard InChI is InChI=1S/C21H17F2N3O4/c22-21(23)30-19-7-3-17(4-8-19)24-20(27)14-25-11-9-16(10-12-25)13-15-1-5-18(6-2-15)26(28)29/h1-12,21H,13-14H2/p+1. The molecule has 1 amide bonds. The van der Waals surface area contributed by atoms with Gasteiger partial charge in [-0.3, -0.25) is 14.9 Å². The van der Waals surface area contributed by atoms with Gasteiger partial charge >= 0.3 is 6.61 Å². The molecule has 0 aliphatic rings. The Morgan fingerprint density at radius 2 is 1.60 bits per heavy atom. The first-order chi connectivity index (χ1) is 14.4. The third-order valence-corrected chi connectivity index (χ3v) is 4.21. The van der Waals surface area contributed by atoms with Crippen molar-refractivity contribution < 1.29 is 27.8 Å². The lowest BCUT2D eigenvalue weighted by molar-refractivity contribution is -0.684. The summed E-state index contributed by atoms with van der Waals surface area (Å²) in [7, 11) is 0. The largest absolute Gasteiger partial charge is 0.435 e. The van der Waals surface area contributed by atoms with E-state index in [-0.39, 0.29) is 23.9 Å². The van der Waals surface area contributed by atoms with Crippen LogP contribution < -0.4 is 14.6 Å². The Labute approximate surface area is 170 Å². The van der Waals surface area contributed by atoms with E-state index in [0.717, 1.165) is 11.1 Å². The second-order valence-corrected chi connectivity index (χ2v) is 6.43. The van der Waals surface area contributed by atoms with Crippen LogP contribution in [0.5, 0.6) is 5.75 Å². The van der Waals surface area contributed by atoms with Gasteiger partial charge in [-0.15, -0.1) is 0 Å². The van der Waals surface area contributed by atoms with Crippen LogP contribution in [0.2, 0.25) is 0 Å². The Morgan fingerprint density at radius 1 is 1.00 bits per heavy atom. The number of hydrogen-bond acceptors (Lipinski definition) is 4.